The normalized spacial score (nSPS) is 13.5. The molecular weight excluding hydrogens is 246 g/mol. The van der Waals surface area contributed by atoms with Crippen LogP contribution in [0.25, 0.3) is 0 Å². The molecule has 0 spiro atoms. The van der Waals surface area contributed by atoms with Gasteiger partial charge in [0, 0.05) is 6.04 Å². The molecule has 0 saturated heterocycles. The van der Waals surface area contributed by atoms with Crippen LogP contribution in [0.15, 0.2) is 29.2 Å². The minimum Gasteiger partial charge on any atom is -0.208 e. The van der Waals surface area contributed by atoms with E-state index in [2.05, 4.69) is 11.6 Å². The Bertz CT molecular complexity index is 451. The van der Waals surface area contributed by atoms with Crippen molar-refractivity contribution in [1.82, 2.24) is 4.72 Å². The largest absolute Gasteiger partial charge is 0.240 e. The maximum Gasteiger partial charge on any atom is 0.240 e. The predicted octanol–water partition coefficient (Wildman–Crippen LogP) is 3.24. The average Bonchev–Trinajstić information content (AvgIpc) is 2.35. The fraction of sp³-hybridized carbons (Fsp3) is 0.571. The molecule has 1 N–H and O–H groups in total. The number of hydrogen-bond donors (Lipinski definition) is 1. The highest BCUT2D eigenvalue weighted by Crippen LogP contribution is 2.13. The van der Waals surface area contributed by atoms with E-state index in [4.69, 9.17) is 0 Å². The average molecular weight is 269 g/mol. The Balaban J connectivity index is 2.77. The zero-order valence-electron chi connectivity index (χ0n) is 11.4. The highest BCUT2D eigenvalue weighted by Gasteiger charge is 2.18. The molecule has 0 bridgehead atoms. The summed E-state index contributed by atoms with van der Waals surface area (Å²) in [4.78, 5) is 0.350. The SMILES string of the molecule is CCCCC(CC)NS(=O)(=O)c1ccc(C)cc1. The van der Waals surface area contributed by atoms with Gasteiger partial charge in [0.15, 0.2) is 0 Å². The van der Waals surface area contributed by atoms with E-state index in [1.54, 1.807) is 12.1 Å². The minimum absolute atomic E-state index is 0.0382. The molecule has 4 heteroatoms. The summed E-state index contributed by atoms with van der Waals surface area (Å²) in [5, 5.41) is 0. The first-order valence-electron chi connectivity index (χ1n) is 6.58. The lowest BCUT2D eigenvalue weighted by atomic mass is 10.1. The number of hydrogen-bond acceptors (Lipinski definition) is 2. The molecule has 0 aromatic heterocycles. The second kappa shape index (κ2) is 6.90. The van der Waals surface area contributed by atoms with Gasteiger partial charge in [-0.1, -0.05) is 44.4 Å². The van der Waals surface area contributed by atoms with Crippen molar-refractivity contribution in [2.24, 2.45) is 0 Å². The van der Waals surface area contributed by atoms with E-state index < -0.39 is 10.0 Å². The summed E-state index contributed by atoms with van der Waals surface area (Å²) in [6, 6.07) is 6.99. The van der Waals surface area contributed by atoms with Crippen molar-refractivity contribution >= 4 is 10.0 Å². The highest BCUT2D eigenvalue weighted by molar-refractivity contribution is 7.89. The van der Waals surface area contributed by atoms with Crippen LogP contribution in [-0.4, -0.2) is 14.5 Å². The summed E-state index contributed by atoms with van der Waals surface area (Å²) in [5.74, 6) is 0. The Morgan fingerprint density at radius 2 is 1.78 bits per heavy atom. The van der Waals surface area contributed by atoms with E-state index in [1.165, 1.54) is 0 Å². The molecule has 1 rings (SSSR count). The lowest BCUT2D eigenvalue weighted by Crippen LogP contribution is -2.34. The van der Waals surface area contributed by atoms with Crippen LogP contribution in [0.2, 0.25) is 0 Å². The number of nitrogens with one attached hydrogen (secondary N) is 1. The van der Waals surface area contributed by atoms with Crippen molar-refractivity contribution in [2.45, 2.75) is 57.4 Å². The zero-order valence-corrected chi connectivity index (χ0v) is 12.3. The Kier molecular flexibility index (Phi) is 5.82. The van der Waals surface area contributed by atoms with Crippen molar-refractivity contribution < 1.29 is 8.42 Å². The molecular formula is C14H23NO2S. The molecule has 3 nitrogen and oxygen atoms in total. The van der Waals surface area contributed by atoms with Crippen molar-refractivity contribution in [2.75, 3.05) is 0 Å². The number of sulfonamides is 1. The van der Waals surface area contributed by atoms with Crippen LogP contribution in [0.3, 0.4) is 0 Å². The number of unbranched alkanes of at least 4 members (excludes halogenated alkanes) is 1. The van der Waals surface area contributed by atoms with Gasteiger partial charge in [0.05, 0.1) is 4.90 Å². The van der Waals surface area contributed by atoms with Crippen LogP contribution >= 0.6 is 0 Å². The van der Waals surface area contributed by atoms with E-state index >= 15 is 0 Å². The van der Waals surface area contributed by atoms with Gasteiger partial charge in [-0.25, -0.2) is 13.1 Å². The minimum atomic E-state index is -3.37. The van der Waals surface area contributed by atoms with Crippen LogP contribution < -0.4 is 4.72 Å². The third-order valence-electron chi connectivity index (χ3n) is 3.05. The van der Waals surface area contributed by atoms with Crippen molar-refractivity contribution in [3.8, 4) is 0 Å². The molecule has 102 valence electrons. The summed E-state index contributed by atoms with van der Waals surface area (Å²) >= 11 is 0. The summed E-state index contributed by atoms with van der Waals surface area (Å²) in [5.41, 5.74) is 1.06. The summed E-state index contributed by atoms with van der Waals surface area (Å²) < 4.78 is 27.1. The summed E-state index contributed by atoms with van der Waals surface area (Å²) in [7, 11) is -3.37. The first kappa shape index (κ1) is 15.2. The molecule has 0 aliphatic carbocycles. The number of rotatable bonds is 7. The fourth-order valence-electron chi connectivity index (χ4n) is 1.80. The van der Waals surface area contributed by atoms with Gasteiger partial charge >= 0.3 is 0 Å². The monoisotopic (exact) mass is 269 g/mol. The van der Waals surface area contributed by atoms with Crippen LogP contribution in [0, 0.1) is 6.92 Å². The summed E-state index contributed by atoms with van der Waals surface area (Å²) in [6.07, 6.45) is 3.86. The van der Waals surface area contributed by atoms with Crippen LogP contribution in [-0.2, 0) is 10.0 Å². The summed E-state index contributed by atoms with van der Waals surface area (Å²) in [6.45, 7) is 6.07. The molecule has 18 heavy (non-hydrogen) atoms. The Morgan fingerprint density at radius 1 is 1.17 bits per heavy atom. The maximum absolute atomic E-state index is 12.2. The van der Waals surface area contributed by atoms with Crippen LogP contribution in [0.5, 0.6) is 0 Å². The van der Waals surface area contributed by atoms with Crippen molar-refractivity contribution in [1.29, 1.82) is 0 Å². The van der Waals surface area contributed by atoms with Gasteiger partial charge in [0.2, 0.25) is 10.0 Å². The molecule has 0 aliphatic heterocycles. The molecule has 1 unspecified atom stereocenters. The second-order valence-electron chi connectivity index (χ2n) is 4.68. The molecule has 1 atom stereocenters. The van der Waals surface area contributed by atoms with E-state index in [1.807, 2.05) is 26.0 Å². The molecule has 0 amide bonds. The Hall–Kier alpha value is -0.870. The third kappa shape index (κ3) is 4.42. The molecule has 0 fully saturated rings. The fourth-order valence-corrected chi connectivity index (χ4v) is 3.16. The van der Waals surface area contributed by atoms with E-state index in [0.29, 0.717) is 4.90 Å². The number of benzene rings is 1. The Labute approximate surface area is 111 Å². The molecule has 0 heterocycles. The molecule has 0 saturated carbocycles. The van der Waals surface area contributed by atoms with E-state index in [0.717, 1.165) is 31.2 Å². The zero-order chi connectivity index (χ0) is 13.6. The Morgan fingerprint density at radius 3 is 2.28 bits per heavy atom. The smallest absolute Gasteiger partial charge is 0.208 e. The van der Waals surface area contributed by atoms with Gasteiger partial charge in [-0.15, -0.1) is 0 Å². The predicted molar refractivity (Wildman–Crippen MR) is 75.1 cm³/mol. The third-order valence-corrected chi connectivity index (χ3v) is 4.59. The van der Waals surface area contributed by atoms with Crippen molar-refractivity contribution in [3.05, 3.63) is 29.8 Å². The molecule has 1 aromatic carbocycles. The van der Waals surface area contributed by atoms with Crippen LogP contribution in [0.4, 0.5) is 0 Å². The topological polar surface area (TPSA) is 46.2 Å². The molecule has 0 radical (unpaired) electrons. The second-order valence-corrected chi connectivity index (χ2v) is 6.40. The van der Waals surface area contributed by atoms with Crippen molar-refractivity contribution in [3.63, 3.8) is 0 Å². The van der Waals surface area contributed by atoms with Gasteiger partial charge in [-0.05, 0) is 31.9 Å². The lowest BCUT2D eigenvalue weighted by molar-refractivity contribution is 0.501. The van der Waals surface area contributed by atoms with Gasteiger partial charge in [0.1, 0.15) is 0 Å². The van der Waals surface area contributed by atoms with Gasteiger partial charge < -0.3 is 0 Å². The molecule has 0 aliphatic rings. The van der Waals surface area contributed by atoms with E-state index in [-0.39, 0.29) is 6.04 Å². The highest BCUT2D eigenvalue weighted by atomic mass is 32.2. The van der Waals surface area contributed by atoms with Gasteiger partial charge in [0.25, 0.3) is 0 Å². The van der Waals surface area contributed by atoms with Crippen LogP contribution in [0.1, 0.15) is 45.1 Å². The maximum atomic E-state index is 12.2. The first-order chi connectivity index (χ1) is 8.49. The lowest BCUT2D eigenvalue weighted by Gasteiger charge is -2.16. The molecule has 1 aromatic rings. The van der Waals surface area contributed by atoms with Gasteiger partial charge in [-0.3, -0.25) is 0 Å². The van der Waals surface area contributed by atoms with E-state index in [9.17, 15) is 8.42 Å². The van der Waals surface area contributed by atoms with Gasteiger partial charge in [-0.2, -0.15) is 0 Å². The first-order valence-corrected chi connectivity index (χ1v) is 8.07. The number of aryl methyl sites for hydroxylation is 1. The standard InChI is InChI=1S/C14H23NO2S/c1-4-6-7-13(5-2)15-18(16,17)14-10-8-12(3)9-11-14/h8-11,13,15H,4-7H2,1-3H3. The quantitative estimate of drug-likeness (QED) is 0.826.